The minimum atomic E-state index is -0.625. The van der Waals surface area contributed by atoms with Crippen molar-refractivity contribution in [2.45, 2.75) is 32.6 Å². The SMILES string of the molecule is Cc1cc(C2CC3(C2)CN(C(=O)c2cc(O)ccc2F)C3)n(-c2cc(F)ccc2C)n1. The molecule has 31 heavy (non-hydrogen) atoms. The summed E-state index contributed by atoms with van der Waals surface area (Å²) in [7, 11) is 0. The summed E-state index contributed by atoms with van der Waals surface area (Å²) in [5.41, 5.74) is 3.57. The highest BCUT2D eigenvalue weighted by atomic mass is 19.1. The van der Waals surface area contributed by atoms with Gasteiger partial charge in [0.2, 0.25) is 0 Å². The maximum atomic E-state index is 14.0. The predicted octanol–water partition coefficient (Wildman–Crippen LogP) is 4.49. The fraction of sp³-hybridized carbons (Fsp3) is 0.333. The van der Waals surface area contributed by atoms with Crippen LogP contribution in [0, 0.1) is 30.9 Å². The average Bonchev–Trinajstić information content (AvgIpc) is 3.04. The van der Waals surface area contributed by atoms with Gasteiger partial charge < -0.3 is 10.0 Å². The normalized spacial score (nSPS) is 17.5. The number of amides is 1. The summed E-state index contributed by atoms with van der Waals surface area (Å²) in [6.07, 6.45) is 1.80. The molecule has 2 aliphatic rings. The van der Waals surface area contributed by atoms with Gasteiger partial charge in [0.15, 0.2) is 0 Å². The second kappa shape index (κ2) is 6.90. The van der Waals surface area contributed by atoms with Crippen LogP contribution < -0.4 is 0 Å². The molecule has 1 aromatic heterocycles. The molecule has 1 saturated heterocycles. The molecule has 2 aromatic carbocycles. The van der Waals surface area contributed by atoms with Crippen LogP contribution >= 0.6 is 0 Å². The zero-order valence-electron chi connectivity index (χ0n) is 17.4. The molecule has 3 aromatic rings. The second-order valence-electron chi connectivity index (χ2n) is 8.98. The van der Waals surface area contributed by atoms with Crippen LogP contribution in [0.3, 0.4) is 0 Å². The van der Waals surface area contributed by atoms with Crippen LogP contribution in [-0.4, -0.2) is 38.8 Å². The van der Waals surface area contributed by atoms with E-state index < -0.39 is 11.7 Å². The van der Waals surface area contributed by atoms with Gasteiger partial charge in [-0.25, -0.2) is 13.5 Å². The first-order valence-corrected chi connectivity index (χ1v) is 10.4. The Morgan fingerprint density at radius 3 is 2.58 bits per heavy atom. The lowest BCUT2D eigenvalue weighted by Gasteiger charge is -2.59. The number of likely N-dealkylation sites (tertiary alicyclic amines) is 1. The van der Waals surface area contributed by atoms with Crippen molar-refractivity contribution in [1.29, 1.82) is 0 Å². The van der Waals surface area contributed by atoms with Crippen molar-refractivity contribution >= 4 is 5.91 Å². The van der Waals surface area contributed by atoms with E-state index >= 15 is 0 Å². The number of benzene rings is 2. The fourth-order valence-corrected chi connectivity index (χ4v) is 5.02. The second-order valence-corrected chi connectivity index (χ2v) is 8.98. The van der Waals surface area contributed by atoms with E-state index in [0.29, 0.717) is 13.1 Å². The van der Waals surface area contributed by atoms with Gasteiger partial charge in [-0.2, -0.15) is 5.10 Å². The number of carbonyl (C=O) groups excluding carboxylic acids is 1. The molecule has 1 aliphatic carbocycles. The summed E-state index contributed by atoms with van der Waals surface area (Å²) in [5.74, 6) is -1.16. The number of phenols is 1. The van der Waals surface area contributed by atoms with Crippen LogP contribution in [-0.2, 0) is 0 Å². The Morgan fingerprint density at radius 1 is 1.10 bits per heavy atom. The standard InChI is InChI=1S/C24H23F2N3O2/c1-14-3-4-17(25)8-21(14)29-22(7-15(2)27-29)16-10-24(11-16)12-28(13-24)23(31)19-9-18(30)5-6-20(19)26/h3-9,16,30H,10-13H2,1-2H3. The van der Waals surface area contributed by atoms with Crippen molar-refractivity contribution in [3.05, 3.63) is 76.6 Å². The maximum absolute atomic E-state index is 14.0. The van der Waals surface area contributed by atoms with Crippen molar-refractivity contribution < 1.29 is 18.7 Å². The highest BCUT2D eigenvalue weighted by Gasteiger charge is 2.54. The van der Waals surface area contributed by atoms with Crippen LogP contribution in [0.4, 0.5) is 8.78 Å². The number of aromatic nitrogens is 2. The van der Waals surface area contributed by atoms with Crippen molar-refractivity contribution in [1.82, 2.24) is 14.7 Å². The summed E-state index contributed by atoms with van der Waals surface area (Å²) in [5, 5.41) is 14.2. The van der Waals surface area contributed by atoms with Gasteiger partial charge in [-0.3, -0.25) is 4.79 Å². The molecule has 1 amide bonds. The van der Waals surface area contributed by atoms with Gasteiger partial charge in [-0.15, -0.1) is 0 Å². The first-order chi connectivity index (χ1) is 14.7. The lowest BCUT2D eigenvalue weighted by Crippen LogP contribution is -2.63. The lowest BCUT2D eigenvalue weighted by atomic mass is 9.57. The number of hydrogen-bond acceptors (Lipinski definition) is 3. The summed E-state index contributed by atoms with van der Waals surface area (Å²) in [6.45, 7) is 5.01. The van der Waals surface area contributed by atoms with Gasteiger partial charge >= 0.3 is 0 Å². The summed E-state index contributed by atoms with van der Waals surface area (Å²) in [6, 6.07) is 10.3. The molecule has 1 aliphatic heterocycles. The molecule has 0 atom stereocenters. The van der Waals surface area contributed by atoms with E-state index in [0.717, 1.165) is 41.5 Å². The molecule has 160 valence electrons. The quantitative estimate of drug-likeness (QED) is 0.675. The third kappa shape index (κ3) is 3.28. The monoisotopic (exact) mass is 423 g/mol. The van der Waals surface area contributed by atoms with Gasteiger partial charge in [0.25, 0.3) is 5.91 Å². The van der Waals surface area contributed by atoms with Crippen molar-refractivity contribution in [3.8, 4) is 11.4 Å². The number of carbonyl (C=O) groups is 1. The molecule has 0 unspecified atom stereocenters. The van der Waals surface area contributed by atoms with Crippen LogP contribution in [0.2, 0.25) is 0 Å². The minimum Gasteiger partial charge on any atom is -0.508 e. The number of phenolic OH excluding ortho intramolecular Hbond substituents is 1. The van der Waals surface area contributed by atoms with E-state index in [2.05, 4.69) is 5.10 Å². The van der Waals surface area contributed by atoms with Crippen LogP contribution in [0.15, 0.2) is 42.5 Å². The van der Waals surface area contributed by atoms with Gasteiger partial charge in [-0.1, -0.05) is 6.07 Å². The zero-order valence-corrected chi connectivity index (χ0v) is 17.4. The molecule has 7 heteroatoms. The third-order valence-electron chi connectivity index (χ3n) is 6.56. The molecular formula is C24H23F2N3O2. The number of aryl methyl sites for hydroxylation is 2. The Bertz CT molecular complexity index is 1190. The molecule has 5 rings (SSSR count). The van der Waals surface area contributed by atoms with E-state index in [1.54, 1.807) is 11.0 Å². The molecule has 0 bridgehead atoms. The smallest absolute Gasteiger partial charge is 0.257 e. The topological polar surface area (TPSA) is 58.4 Å². The van der Waals surface area contributed by atoms with Crippen molar-refractivity contribution in [2.75, 3.05) is 13.1 Å². The van der Waals surface area contributed by atoms with E-state index in [1.807, 2.05) is 24.6 Å². The minimum absolute atomic E-state index is 0.0353. The van der Waals surface area contributed by atoms with Gasteiger partial charge in [0, 0.05) is 30.1 Å². The molecule has 5 nitrogen and oxygen atoms in total. The number of halogens is 2. The van der Waals surface area contributed by atoms with E-state index in [-0.39, 0.29) is 28.5 Å². The Balaban J connectivity index is 1.30. The molecule has 0 radical (unpaired) electrons. The summed E-state index contributed by atoms with van der Waals surface area (Å²) in [4.78, 5) is 14.2. The van der Waals surface area contributed by atoms with Crippen molar-refractivity contribution in [2.24, 2.45) is 5.41 Å². The van der Waals surface area contributed by atoms with Crippen LogP contribution in [0.25, 0.3) is 5.69 Å². The highest BCUT2D eigenvalue weighted by Crippen LogP contribution is 2.56. The molecule has 2 fully saturated rings. The van der Waals surface area contributed by atoms with Crippen LogP contribution in [0.5, 0.6) is 5.75 Å². The molecule has 1 saturated carbocycles. The number of nitrogens with zero attached hydrogens (tertiary/aromatic N) is 3. The Hall–Kier alpha value is -3.22. The Morgan fingerprint density at radius 2 is 1.84 bits per heavy atom. The van der Waals surface area contributed by atoms with Gasteiger partial charge in [0.05, 0.1) is 16.9 Å². The van der Waals surface area contributed by atoms with Crippen LogP contribution in [0.1, 0.15) is 46.1 Å². The number of hydrogen-bond donors (Lipinski definition) is 1. The van der Waals surface area contributed by atoms with Gasteiger partial charge in [-0.05, 0) is 68.7 Å². The van der Waals surface area contributed by atoms with E-state index in [1.165, 1.54) is 24.3 Å². The molecule has 1 spiro atoms. The third-order valence-corrected chi connectivity index (χ3v) is 6.56. The Labute approximate surface area is 178 Å². The molecule has 2 heterocycles. The number of aromatic hydroxyl groups is 1. The largest absolute Gasteiger partial charge is 0.508 e. The lowest BCUT2D eigenvalue weighted by molar-refractivity contribution is -0.0567. The predicted molar refractivity (Wildman–Crippen MR) is 111 cm³/mol. The maximum Gasteiger partial charge on any atom is 0.257 e. The zero-order chi connectivity index (χ0) is 21.9. The molecular weight excluding hydrogens is 400 g/mol. The van der Waals surface area contributed by atoms with Crippen molar-refractivity contribution in [3.63, 3.8) is 0 Å². The van der Waals surface area contributed by atoms with E-state index in [4.69, 9.17) is 0 Å². The highest BCUT2D eigenvalue weighted by molar-refractivity contribution is 5.95. The fourth-order valence-electron chi connectivity index (χ4n) is 5.02. The first-order valence-electron chi connectivity index (χ1n) is 10.4. The summed E-state index contributed by atoms with van der Waals surface area (Å²) < 4.78 is 29.7. The van der Waals surface area contributed by atoms with E-state index in [9.17, 15) is 18.7 Å². The molecule has 1 N–H and O–H groups in total. The first kappa shape index (κ1) is 19.7. The average molecular weight is 423 g/mol. The Kier molecular flexibility index (Phi) is 4.39. The number of rotatable bonds is 3. The summed E-state index contributed by atoms with van der Waals surface area (Å²) >= 11 is 0. The van der Waals surface area contributed by atoms with Gasteiger partial charge in [0.1, 0.15) is 17.4 Å².